The van der Waals surface area contributed by atoms with Crippen LogP contribution in [0.1, 0.15) is 6.92 Å². The van der Waals surface area contributed by atoms with Crippen molar-refractivity contribution in [3.05, 3.63) is 42.7 Å². The van der Waals surface area contributed by atoms with Crippen LogP contribution in [-0.2, 0) is 4.79 Å². The van der Waals surface area contributed by atoms with Crippen molar-refractivity contribution in [2.75, 3.05) is 6.54 Å². The Morgan fingerprint density at radius 3 is 3.14 bits per heavy atom. The Hall–Kier alpha value is -2.22. The van der Waals surface area contributed by atoms with Crippen molar-refractivity contribution in [3.63, 3.8) is 0 Å². The molecule has 0 aliphatic rings. The molecule has 0 radical (unpaired) electrons. The van der Waals surface area contributed by atoms with Gasteiger partial charge in [-0.05, 0) is 35.5 Å². The Bertz CT molecular complexity index is 645. The molecule has 1 aromatic heterocycles. The van der Waals surface area contributed by atoms with Crippen LogP contribution in [-0.4, -0.2) is 37.9 Å². The lowest BCUT2D eigenvalue weighted by molar-refractivity contribution is -0.120. The van der Waals surface area contributed by atoms with E-state index in [0.717, 1.165) is 0 Å². The highest BCUT2D eigenvalue weighted by Crippen LogP contribution is 2.23. The Labute approximate surface area is 125 Å². The fourth-order valence-electron chi connectivity index (χ4n) is 1.55. The van der Waals surface area contributed by atoms with Crippen LogP contribution in [0.3, 0.4) is 0 Å². The molecule has 2 aromatic rings. The van der Waals surface area contributed by atoms with Crippen molar-refractivity contribution in [2.45, 2.75) is 17.3 Å². The molecule has 0 saturated carbocycles. The number of thioether (sulfide) groups is 1. The summed E-state index contributed by atoms with van der Waals surface area (Å²) in [6.07, 6.45) is 1.60. The molecule has 0 fully saturated rings. The van der Waals surface area contributed by atoms with Gasteiger partial charge in [0.25, 0.3) is 0 Å². The summed E-state index contributed by atoms with van der Waals surface area (Å²) in [6, 6.07) is 5.92. The minimum Gasteiger partial charge on any atom is -0.352 e. The van der Waals surface area contributed by atoms with Gasteiger partial charge in [-0.15, -0.1) is 11.7 Å². The minimum atomic E-state index is -0.386. The smallest absolute Gasteiger partial charge is 0.233 e. The van der Waals surface area contributed by atoms with Crippen LogP contribution in [0, 0.1) is 5.82 Å². The third-order valence-electron chi connectivity index (χ3n) is 2.57. The number of benzene rings is 1. The second-order valence-electron chi connectivity index (χ2n) is 4.15. The minimum absolute atomic E-state index is 0.145. The van der Waals surface area contributed by atoms with Gasteiger partial charge in [0, 0.05) is 6.54 Å². The van der Waals surface area contributed by atoms with E-state index in [1.54, 1.807) is 25.1 Å². The van der Waals surface area contributed by atoms with Crippen LogP contribution >= 0.6 is 11.8 Å². The summed E-state index contributed by atoms with van der Waals surface area (Å²) in [4.78, 5) is 11.8. The van der Waals surface area contributed by atoms with E-state index < -0.39 is 0 Å². The normalized spacial score (nSPS) is 11.9. The highest BCUT2D eigenvalue weighted by atomic mass is 32.2. The van der Waals surface area contributed by atoms with E-state index in [2.05, 4.69) is 27.4 Å². The highest BCUT2D eigenvalue weighted by Gasteiger charge is 2.18. The van der Waals surface area contributed by atoms with Gasteiger partial charge in [-0.2, -0.15) is 4.68 Å². The number of amides is 1. The third kappa shape index (κ3) is 3.88. The molecule has 0 spiro atoms. The van der Waals surface area contributed by atoms with E-state index in [1.165, 1.54) is 28.6 Å². The van der Waals surface area contributed by atoms with E-state index in [1.807, 2.05) is 0 Å². The van der Waals surface area contributed by atoms with E-state index in [9.17, 15) is 9.18 Å². The summed E-state index contributed by atoms with van der Waals surface area (Å²) in [5.74, 6) is -0.524. The molecule has 2 rings (SSSR count). The van der Waals surface area contributed by atoms with Gasteiger partial charge in [-0.3, -0.25) is 4.79 Å². The molecule has 110 valence electrons. The first-order chi connectivity index (χ1) is 10.1. The van der Waals surface area contributed by atoms with Crippen LogP contribution < -0.4 is 5.32 Å². The molecule has 0 aliphatic carbocycles. The topological polar surface area (TPSA) is 72.7 Å². The van der Waals surface area contributed by atoms with Gasteiger partial charge in [0.05, 0.1) is 10.9 Å². The molecule has 1 N–H and O–H groups in total. The predicted octanol–water partition coefficient (Wildman–Crippen LogP) is 1.58. The second-order valence-corrected chi connectivity index (χ2v) is 5.45. The van der Waals surface area contributed by atoms with E-state index in [4.69, 9.17) is 0 Å². The molecular weight excluding hydrogens is 293 g/mol. The van der Waals surface area contributed by atoms with Crippen molar-refractivity contribution in [1.29, 1.82) is 0 Å². The van der Waals surface area contributed by atoms with Crippen LogP contribution in [0.5, 0.6) is 0 Å². The molecule has 0 aliphatic heterocycles. The Balaban J connectivity index is 2.14. The maximum absolute atomic E-state index is 13.3. The standard InChI is InChI=1S/C13H14FN5OS/c1-3-7-15-12(20)9(2)21-13-16-17-18-19(13)11-6-4-5-10(14)8-11/h3-6,8-9H,1,7H2,2H3,(H,15,20). The van der Waals surface area contributed by atoms with Gasteiger partial charge in [0.1, 0.15) is 5.82 Å². The molecule has 6 nitrogen and oxygen atoms in total. The maximum atomic E-state index is 13.3. The second kappa shape index (κ2) is 6.98. The average molecular weight is 307 g/mol. The zero-order valence-corrected chi connectivity index (χ0v) is 12.2. The monoisotopic (exact) mass is 307 g/mol. The lowest BCUT2D eigenvalue weighted by Crippen LogP contribution is -2.31. The molecular formula is C13H14FN5OS. The van der Waals surface area contributed by atoms with Gasteiger partial charge < -0.3 is 5.32 Å². The molecule has 21 heavy (non-hydrogen) atoms. The number of carbonyl (C=O) groups is 1. The molecule has 1 amide bonds. The number of rotatable bonds is 6. The number of tetrazole rings is 1. The third-order valence-corrected chi connectivity index (χ3v) is 3.60. The lowest BCUT2D eigenvalue weighted by atomic mass is 10.3. The summed E-state index contributed by atoms with van der Waals surface area (Å²) in [5, 5.41) is 14.0. The molecule has 1 aromatic carbocycles. The van der Waals surface area contributed by atoms with Gasteiger partial charge in [0.2, 0.25) is 11.1 Å². The van der Waals surface area contributed by atoms with Crippen molar-refractivity contribution < 1.29 is 9.18 Å². The summed E-state index contributed by atoms with van der Waals surface area (Å²) >= 11 is 1.19. The zero-order chi connectivity index (χ0) is 15.2. The van der Waals surface area contributed by atoms with Gasteiger partial charge in [0.15, 0.2) is 0 Å². The van der Waals surface area contributed by atoms with Gasteiger partial charge in [-0.25, -0.2) is 4.39 Å². The largest absolute Gasteiger partial charge is 0.352 e. The van der Waals surface area contributed by atoms with Crippen molar-refractivity contribution >= 4 is 17.7 Å². The summed E-state index contributed by atoms with van der Waals surface area (Å²) in [7, 11) is 0. The maximum Gasteiger partial charge on any atom is 0.233 e. The van der Waals surface area contributed by atoms with E-state index in [0.29, 0.717) is 17.4 Å². The van der Waals surface area contributed by atoms with Crippen LogP contribution in [0.4, 0.5) is 4.39 Å². The Kier molecular flexibility index (Phi) is 5.04. The molecule has 1 atom stereocenters. The number of halogens is 1. The Morgan fingerprint density at radius 2 is 2.43 bits per heavy atom. The fraction of sp³-hybridized carbons (Fsp3) is 0.231. The number of nitrogens with one attached hydrogen (secondary N) is 1. The van der Waals surface area contributed by atoms with Crippen molar-refractivity contribution in [3.8, 4) is 5.69 Å². The van der Waals surface area contributed by atoms with Crippen molar-refractivity contribution in [1.82, 2.24) is 25.5 Å². The van der Waals surface area contributed by atoms with Crippen LogP contribution in [0.2, 0.25) is 0 Å². The predicted molar refractivity (Wildman–Crippen MR) is 77.6 cm³/mol. The first-order valence-corrected chi connectivity index (χ1v) is 7.09. The molecule has 8 heteroatoms. The first kappa shape index (κ1) is 15.2. The van der Waals surface area contributed by atoms with Crippen LogP contribution in [0.25, 0.3) is 5.69 Å². The highest BCUT2D eigenvalue weighted by molar-refractivity contribution is 8.00. The summed E-state index contributed by atoms with van der Waals surface area (Å²) < 4.78 is 14.7. The van der Waals surface area contributed by atoms with E-state index in [-0.39, 0.29) is 17.0 Å². The zero-order valence-electron chi connectivity index (χ0n) is 11.4. The SMILES string of the molecule is C=CCNC(=O)C(C)Sc1nnnn1-c1cccc(F)c1. The lowest BCUT2D eigenvalue weighted by Gasteiger charge is -2.10. The fourth-order valence-corrected chi connectivity index (χ4v) is 2.38. The molecule has 1 unspecified atom stereocenters. The average Bonchev–Trinajstić information content (AvgIpc) is 2.92. The van der Waals surface area contributed by atoms with Crippen molar-refractivity contribution in [2.24, 2.45) is 0 Å². The summed E-state index contributed by atoms with van der Waals surface area (Å²) in [6.45, 7) is 5.68. The number of carbonyl (C=O) groups excluding carboxylic acids is 1. The summed E-state index contributed by atoms with van der Waals surface area (Å²) in [5.41, 5.74) is 0.501. The molecule has 1 heterocycles. The van der Waals surface area contributed by atoms with Gasteiger partial charge >= 0.3 is 0 Å². The van der Waals surface area contributed by atoms with Gasteiger partial charge in [-0.1, -0.05) is 23.9 Å². The number of hydrogen-bond acceptors (Lipinski definition) is 5. The molecule has 0 saturated heterocycles. The molecule has 0 bridgehead atoms. The number of aromatic nitrogens is 4. The van der Waals surface area contributed by atoms with Crippen LogP contribution in [0.15, 0.2) is 42.1 Å². The Morgan fingerprint density at radius 1 is 1.62 bits per heavy atom. The van der Waals surface area contributed by atoms with E-state index >= 15 is 0 Å². The number of nitrogens with zero attached hydrogens (tertiary/aromatic N) is 4. The number of hydrogen-bond donors (Lipinski definition) is 1. The first-order valence-electron chi connectivity index (χ1n) is 6.21. The quantitative estimate of drug-likeness (QED) is 0.648.